The fraction of sp³-hybridized carbons (Fsp3) is 0.208. The van der Waals surface area contributed by atoms with Crippen LogP contribution in [0, 0.1) is 0 Å². The summed E-state index contributed by atoms with van der Waals surface area (Å²) in [5, 5.41) is 7.14. The molecule has 1 aliphatic rings. The fourth-order valence-corrected chi connectivity index (χ4v) is 5.63. The molecule has 0 atom stereocenters. The quantitative estimate of drug-likeness (QED) is 0.460. The van der Waals surface area contributed by atoms with Gasteiger partial charge in [0.1, 0.15) is 0 Å². The Morgan fingerprint density at radius 1 is 0.971 bits per heavy atom. The summed E-state index contributed by atoms with van der Waals surface area (Å²) in [7, 11) is -3.61. The van der Waals surface area contributed by atoms with E-state index in [-0.39, 0.29) is 22.7 Å². The van der Waals surface area contributed by atoms with Crippen molar-refractivity contribution in [3.63, 3.8) is 0 Å². The summed E-state index contributed by atoms with van der Waals surface area (Å²) in [6.45, 7) is 1.25. The summed E-state index contributed by atoms with van der Waals surface area (Å²) in [6.07, 6.45) is 3.35. The van der Waals surface area contributed by atoms with Gasteiger partial charge >= 0.3 is 5.69 Å². The lowest BCUT2D eigenvalue weighted by molar-refractivity contribution is 0.102. The van der Waals surface area contributed by atoms with E-state index < -0.39 is 15.9 Å². The van der Waals surface area contributed by atoms with Gasteiger partial charge in [0.2, 0.25) is 10.0 Å². The zero-order chi connectivity index (χ0) is 23.7. The lowest BCUT2D eigenvalue weighted by atomic mass is 10.1. The van der Waals surface area contributed by atoms with Crippen molar-refractivity contribution in [2.24, 2.45) is 0 Å². The molecule has 0 bridgehead atoms. The molecule has 3 heterocycles. The van der Waals surface area contributed by atoms with Crippen LogP contribution in [-0.4, -0.2) is 45.9 Å². The third-order valence-corrected chi connectivity index (χ3v) is 7.70. The molecular weight excluding hydrogens is 454 g/mol. The summed E-state index contributed by atoms with van der Waals surface area (Å²) in [4.78, 5) is 25.5. The van der Waals surface area contributed by atoms with Crippen molar-refractivity contribution in [1.29, 1.82) is 0 Å². The van der Waals surface area contributed by atoms with Crippen LogP contribution < -0.4 is 11.0 Å². The van der Waals surface area contributed by atoms with Gasteiger partial charge in [-0.1, -0.05) is 24.3 Å². The summed E-state index contributed by atoms with van der Waals surface area (Å²) in [5.74, 6) is -0.416. The van der Waals surface area contributed by atoms with E-state index in [0.29, 0.717) is 24.4 Å². The molecule has 0 unspecified atom stereocenters. The fourth-order valence-electron chi connectivity index (χ4n) is 4.07. The molecule has 0 spiro atoms. The second-order valence-corrected chi connectivity index (χ2v) is 10.1. The van der Waals surface area contributed by atoms with Gasteiger partial charge < -0.3 is 5.32 Å². The highest BCUT2D eigenvalue weighted by Gasteiger charge is 2.27. The summed E-state index contributed by atoms with van der Waals surface area (Å²) < 4.78 is 30.0. The number of aromatic nitrogens is 3. The maximum absolute atomic E-state index is 12.9. The average Bonchev–Trinajstić information content (AvgIpc) is 3.49. The van der Waals surface area contributed by atoms with Crippen LogP contribution in [0.4, 0.5) is 5.69 Å². The van der Waals surface area contributed by atoms with E-state index in [1.165, 1.54) is 25.5 Å². The Labute approximate surface area is 196 Å². The van der Waals surface area contributed by atoms with Crippen LogP contribution in [0.15, 0.2) is 82.6 Å². The second kappa shape index (κ2) is 8.88. The van der Waals surface area contributed by atoms with E-state index in [4.69, 9.17) is 0 Å². The molecule has 0 aliphatic carbocycles. The topological polar surface area (TPSA) is 106 Å². The van der Waals surface area contributed by atoms with Crippen LogP contribution in [0.2, 0.25) is 0 Å². The summed E-state index contributed by atoms with van der Waals surface area (Å²) in [6, 6.07) is 18.5. The summed E-state index contributed by atoms with van der Waals surface area (Å²) >= 11 is 0. The van der Waals surface area contributed by atoms with Crippen molar-refractivity contribution in [2.75, 3.05) is 18.4 Å². The minimum Gasteiger partial charge on any atom is -0.322 e. The predicted octanol–water partition coefficient (Wildman–Crippen LogP) is 2.58. The average molecular weight is 478 g/mol. The van der Waals surface area contributed by atoms with E-state index in [1.54, 1.807) is 48.7 Å². The molecule has 2 aromatic heterocycles. The Kier molecular flexibility index (Phi) is 5.76. The molecule has 174 valence electrons. The third-order valence-electron chi connectivity index (χ3n) is 5.80. The van der Waals surface area contributed by atoms with E-state index in [2.05, 4.69) is 10.4 Å². The van der Waals surface area contributed by atoms with Gasteiger partial charge in [0.25, 0.3) is 5.91 Å². The Hall–Kier alpha value is -3.76. The molecule has 34 heavy (non-hydrogen) atoms. The minimum atomic E-state index is -3.61. The number of benzene rings is 2. The van der Waals surface area contributed by atoms with Gasteiger partial charge in [-0.2, -0.15) is 4.31 Å². The molecule has 10 heteroatoms. The lowest BCUT2D eigenvalue weighted by Crippen LogP contribution is -2.28. The predicted molar refractivity (Wildman–Crippen MR) is 127 cm³/mol. The van der Waals surface area contributed by atoms with Gasteiger partial charge in [0.05, 0.1) is 11.4 Å². The Morgan fingerprint density at radius 3 is 2.56 bits per heavy atom. The summed E-state index contributed by atoms with van der Waals surface area (Å²) in [5.41, 5.74) is 1.88. The molecule has 1 amide bonds. The first-order chi connectivity index (χ1) is 16.4. The molecule has 1 N–H and O–H groups in total. The van der Waals surface area contributed by atoms with Gasteiger partial charge in [0, 0.05) is 30.5 Å². The first-order valence-corrected chi connectivity index (χ1v) is 12.4. The monoisotopic (exact) mass is 477 g/mol. The standard InChI is InChI=1S/C24H23N5O4S/c30-23(19-8-6-10-21(16-19)34(32,33)27-12-3-4-13-27)25-20-9-5-7-18(15-20)17-29-24(31)28-14-2-1-11-22(28)26-29/h1-2,5-11,14-16H,3-4,12-13,17H2,(H,25,30). The van der Waals surface area contributed by atoms with Crippen LogP contribution in [0.5, 0.6) is 0 Å². The number of carbonyl (C=O) groups excluding carboxylic acids is 1. The molecule has 0 saturated carbocycles. The van der Waals surface area contributed by atoms with Crippen molar-refractivity contribution < 1.29 is 13.2 Å². The van der Waals surface area contributed by atoms with Gasteiger partial charge in [-0.3, -0.25) is 9.20 Å². The zero-order valence-corrected chi connectivity index (χ0v) is 19.1. The van der Waals surface area contributed by atoms with Gasteiger partial charge in [-0.15, -0.1) is 5.10 Å². The van der Waals surface area contributed by atoms with E-state index in [9.17, 15) is 18.0 Å². The molecule has 2 aromatic carbocycles. The third kappa shape index (κ3) is 4.25. The number of amides is 1. The molecule has 1 saturated heterocycles. The van der Waals surface area contributed by atoms with Crippen molar-refractivity contribution in [2.45, 2.75) is 24.3 Å². The van der Waals surface area contributed by atoms with Crippen LogP contribution in [-0.2, 0) is 16.6 Å². The number of pyridine rings is 1. The normalized spacial score (nSPS) is 14.5. The number of carbonyl (C=O) groups is 1. The largest absolute Gasteiger partial charge is 0.350 e. The molecule has 1 fully saturated rings. The Morgan fingerprint density at radius 2 is 1.76 bits per heavy atom. The second-order valence-electron chi connectivity index (χ2n) is 8.16. The van der Waals surface area contributed by atoms with E-state index in [0.717, 1.165) is 18.4 Å². The Bertz CT molecular complexity index is 1530. The Balaban J connectivity index is 1.34. The first-order valence-electron chi connectivity index (χ1n) is 11.0. The number of sulfonamides is 1. The number of rotatable bonds is 6. The van der Waals surface area contributed by atoms with Crippen LogP contribution in [0.3, 0.4) is 0 Å². The van der Waals surface area contributed by atoms with E-state index >= 15 is 0 Å². The number of fused-ring (bicyclic) bond motifs is 1. The molecule has 1 aliphatic heterocycles. The molecule has 9 nitrogen and oxygen atoms in total. The smallest absolute Gasteiger partial charge is 0.322 e. The highest BCUT2D eigenvalue weighted by atomic mass is 32.2. The zero-order valence-electron chi connectivity index (χ0n) is 18.3. The van der Waals surface area contributed by atoms with Crippen molar-refractivity contribution >= 4 is 27.3 Å². The maximum atomic E-state index is 12.9. The highest BCUT2D eigenvalue weighted by Crippen LogP contribution is 2.22. The van der Waals surface area contributed by atoms with Gasteiger partial charge in [-0.25, -0.2) is 17.9 Å². The molecule has 0 radical (unpaired) electrons. The number of hydrogen-bond donors (Lipinski definition) is 1. The molecule has 4 aromatic rings. The van der Waals surface area contributed by atoms with Gasteiger partial charge in [0.15, 0.2) is 5.65 Å². The van der Waals surface area contributed by atoms with Crippen LogP contribution in [0.25, 0.3) is 5.65 Å². The lowest BCUT2D eigenvalue weighted by Gasteiger charge is -2.16. The van der Waals surface area contributed by atoms with Gasteiger partial charge in [-0.05, 0) is 60.9 Å². The minimum absolute atomic E-state index is 0.113. The number of nitrogens with zero attached hydrogens (tertiary/aromatic N) is 4. The SMILES string of the molecule is O=C(Nc1cccc(Cn2nc3ccccn3c2=O)c1)c1cccc(S(=O)(=O)N2CCCC2)c1. The van der Waals surface area contributed by atoms with Crippen molar-refractivity contribution in [1.82, 2.24) is 18.5 Å². The maximum Gasteiger partial charge on any atom is 0.350 e. The van der Waals surface area contributed by atoms with Crippen molar-refractivity contribution in [3.05, 3.63) is 94.5 Å². The van der Waals surface area contributed by atoms with Crippen molar-refractivity contribution in [3.8, 4) is 0 Å². The highest BCUT2D eigenvalue weighted by molar-refractivity contribution is 7.89. The van der Waals surface area contributed by atoms with E-state index in [1.807, 2.05) is 12.1 Å². The molecular formula is C24H23N5O4S. The number of nitrogens with one attached hydrogen (secondary N) is 1. The van der Waals surface area contributed by atoms with Crippen LogP contribution >= 0.6 is 0 Å². The number of anilines is 1. The number of hydrogen-bond acceptors (Lipinski definition) is 5. The van der Waals surface area contributed by atoms with Crippen LogP contribution in [0.1, 0.15) is 28.8 Å². The molecule has 5 rings (SSSR count). The first kappa shape index (κ1) is 22.1.